The summed E-state index contributed by atoms with van der Waals surface area (Å²) < 4.78 is 6.79. The monoisotopic (exact) mass is 364 g/mol. The van der Waals surface area contributed by atoms with Gasteiger partial charge in [0.15, 0.2) is 0 Å². The van der Waals surface area contributed by atoms with Gasteiger partial charge in [-0.1, -0.05) is 34.7 Å². The van der Waals surface area contributed by atoms with Crippen LogP contribution in [0.15, 0.2) is 36.5 Å². The lowest BCUT2D eigenvalue weighted by molar-refractivity contribution is 0.350. The molecule has 0 saturated heterocycles. The van der Waals surface area contributed by atoms with E-state index in [1.165, 1.54) is 0 Å². The number of pyridine rings is 2. The largest absolute Gasteiger partial charge is 0.492 e. The molecule has 3 rings (SSSR count). The van der Waals surface area contributed by atoms with E-state index in [1.54, 1.807) is 6.20 Å². The molecule has 0 aliphatic heterocycles. The summed E-state index contributed by atoms with van der Waals surface area (Å²) in [5.41, 5.74) is 2.80. The fraction of sp³-hybridized carbons (Fsp3) is 0.200. The second kappa shape index (κ2) is 5.28. The smallest absolute Gasteiger partial charge is 0.130 e. The van der Waals surface area contributed by atoms with Gasteiger partial charge in [-0.15, -0.1) is 0 Å². The first kappa shape index (κ1) is 12.6. The van der Waals surface area contributed by atoms with Crippen LogP contribution in [0.25, 0.3) is 21.8 Å². The molecular formula is C15H13IN2O. The molecule has 0 radical (unpaired) electrons. The Balaban J connectivity index is 2.31. The molecule has 0 aliphatic rings. The lowest BCUT2D eigenvalue weighted by Gasteiger charge is -2.10. The number of fused-ring (bicyclic) bond motifs is 3. The van der Waals surface area contributed by atoms with Gasteiger partial charge in [-0.2, -0.15) is 0 Å². The molecule has 0 saturated carbocycles. The van der Waals surface area contributed by atoms with Crippen molar-refractivity contribution in [2.75, 3.05) is 11.0 Å². The van der Waals surface area contributed by atoms with Crippen LogP contribution in [0.3, 0.4) is 0 Å². The Kier molecular flexibility index (Phi) is 3.50. The van der Waals surface area contributed by atoms with Crippen LogP contribution in [0.2, 0.25) is 0 Å². The Labute approximate surface area is 125 Å². The van der Waals surface area contributed by atoms with E-state index in [2.05, 4.69) is 50.8 Å². The summed E-state index contributed by atoms with van der Waals surface area (Å²) in [6.45, 7) is 2.69. The van der Waals surface area contributed by atoms with Crippen molar-refractivity contribution in [1.29, 1.82) is 0 Å². The van der Waals surface area contributed by atoms with Crippen molar-refractivity contribution in [2.24, 2.45) is 0 Å². The maximum Gasteiger partial charge on any atom is 0.130 e. The Morgan fingerprint density at radius 3 is 2.95 bits per heavy atom. The van der Waals surface area contributed by atoms with Crippen LogP contribution in [0.5, 0.6) is 5.75 Å². The average Bonchev–Trinajstić information content (AvgIpc) is 2.44. The first-order valence-electron chi connectivity index (χ1n) is 6.13. The average molecular weight is 364 g/mol. The van der Waals surface area contributed by atoms with Crippen LogP contribution >= 0.6 is 22.6 Å². The van der Waals surface area contributed by atoms with Gasteiger partial charge < -0.3 is 4.74 Å². The van der Waals surface area contributed by atoms with E-state index < -0.39 is 0 Å². The molecule has 0 amide bonds. The highest BCUT2D eigenvalue weighted by atomic mass is 127. The summed E-state index contributed by atoms with van der Waals surface area (Å²) in [6.07, 6.45) is 1.80. The van der Waals surface area contributed by atoms with Crippen molar-refractivity contribution in [2.45, 2.75) is 6.92 Å². The van der Waals surface area contributed by atoms with Gasteiger partial charge in [0.1, 0.15) is 11.3 Å². The van der Waals surface area contributed by atoms with Crippen LogP contribution in [0, 0.1) is 6.92 Å². The number of halogens is 1. The number of alkyl halides is 1. The molecule has 96 valence electrons. The summed E-state index contributed by atoms with van der Waals surface area (Å²) in [7, 11) is 0. The van der Waals surface area contributed by atoms with Crippen molar-refractivity contribution in [3.8, 4) is 5.75 Å². The van der Waals surface area contributed by atoms with Gasteiger partial charge in [-0.25, -0.2) is 0 Å². The van der Waals surface area contributed by atoms with Gasteiger partial charge in [-0.3, -0.25) is 9.97 Å². The molecule has 4 heteroatoms. The SMILES string of the molecule is Cc1cc(OCCI)c2ccc3cccnc3c2n1. The van der Waals surface area contributed by atoms with Crippen molar-refractivity contribution in [3.63, 3.8) is 0 Å². The molecule has 2 heterocycles. The highest BCUT2D eigenvalue weighted by molar-refractivity contribution is 14.1. The zero-order valence-electron chi connectivity index (χ0n) is 10.6. The number of aryl methyl sites for hydroxylation is 1. The third kappa shape index (κ3) is 2.36. The molecule has 3 aromatic rings. The number of aromatic nitrogens is 2. The fourth-order valence-electron chi connectivity index (χ4n) is 2.19. The Bertz CT molecular complexity index is 743. The van der Waals surface area contributed by atoms with Crippen LogP contribution in [-0.2, 0) is 0 Å². The normalized spacial score (nSPS) is 11.1. The van der Waals surface area contributed by atoms with E-state index in [1.807, 2.05) is 19.1 Å². The maximum atomic E-state index is 5.82. The standard InChI is InChI=1S/C15H13IN2O/c1-10-9-13(19-8-6-16)12-5-4-11-3-2-7-17-14(11)15(12)18-10/h2-5,7,9H,6,8H2,1H3. The number of rotatable bonds is 3. The highest BCUT2D eigenvalue weighted by Crippen LogP contribution is 2.30. The second-order valence-electron chi connectivity index (χ2n) is 4.34. The first-order valence-corrected chi connectivity index (χ1v) is 7.66. The molecule has 0 N–H and O–H groups in total. The van der Waals surface area contributed by atoms with E-state index in [9.17, 15) is 0 Å². The molecule has 0 bridgehead atoms. The molecular weight excluding hydrogens is 351 g/mol. The van der Waals surface area contributed by atoms with Crippen molar-refractivity contribution in [1.82, 2.24) is 9.97 Å². The predicted molar refractivity (Wildman–Crippen MR) is 86.2 cm³/mol. The lowest BCUT2D eigenvalue weighted by atomic mass is 10.1. The molecule has 0 spiro atoms. The van der Waals surface area contributed by atoms with E-state index >= 15 is 0 Å². The minimum Gasteiger partial charge on any atom is -0.492 e. The number of ether oxygens (including phenoxy) is 1. The Morgan fingerprint density at radius 1 is 1.21 bits per heavy atom. The number of hydrogen-bond donors (Lipinski definition) is 0. The van der Waals surface area contributed by atoms with E-state index in [4.69, 9.17) is 4.74 Å². The van der Waals surface area contributed by atoms with Crippen molar-refractivity contribution < 1.29 is 4.74 Å². The summed E-state index contributed by atoms with van der Waals surface area (Å²) in [5.74, 6) is 0.895. The summed E-state index contributed by atoms with van der Waals surface area (Å²) in [6, 6.07) is 10.1. The maximum absolute atomic E-state index is 5.82. The lowest BCUT2D eigenvalue weighted by Crippen LogP contribution is -2.00. The van der Waals surface area contributed by atoms with Gasteiger partial charge in [0.05, 0.1) is 12.1 Å². The first-order chi connectivity index (χ1) is 9.29. The molecule has 0 atom stereocenters. The molecule has 2 aromatic heterocycles. The van der Waals surface area contributed by atoms with Gasteiger partial charge in [0.2, 0.25) is 0 Å². The summed E-state index contributed by atoms with van der Waals surface area (Å²) >= 11 is 2.31. The third-order valence-corrected chi connectivity index (χ3v) is 3.42. The molecule has 19 heavy (non-hydrogen) atoms. The Morgan fingerprint density at radius 2 is 2.11 bits per heavy atom. The number of benzene rings is 1. The Hall–Kier alpha value is -1.43. The predicted octanol–water partition coefficient (Wildman–Crippen LogP) is 3.91. The van der Waals surface area contributed by atoms with Crippen LogP contribution in [0.4, 0.5) is 0 Å². The molecule has 0 fully saturated rings. The van der Waals surface area contributed by atoms with Gasteiger partial charge in [-0.05, 0) is 19.1 Å². The van der Waals surface area contributed by atoms with Gasteiger partial charge in [0, 0.05) is 33.2 Å². The minimum atomic E-state index is 0.708. The minimum absolute atomic E-state index is 0.708. The summed E-state index contributed by atoms with van der Waals surface area (Å²) in [4.78, 5) is 9.08. The highest BCUT2D eigenvalue weighted by Gasteiger charge is 2.09. The molecule has 0 unspecified atom stereocenters. The third-order valence-electron chi connectivity index (χ3n) is 2.98. The molecule has 3 nitrogen and oxygen atoms in total. The zero-order chi connectivity index (χ0) is 13.2. The molecule has 0 aliphatic carbocycles. The summed E-state index contributed by atoms with van der Waals surface area (Å²) in [5, 5.41) is 2.13. The van der Waals surface area contributed by atoms with E-state index in [0.717, 1.165) is 37.7 Å². The van der Waals surface area contributed by atoms with Crippen LogP contribution < -0.4 is 4.74 Å². The second-order valence-corrected chi connectivity index (χ2v) is 5.41. The van der Waals surface area contributed by atoms with Crippen LogP contribution in [-0.4, -0.2) is 21.0 Å². The quantitative estimate of drug-likeness (QED) is 0.402. The van der Waals surface area contributed by atoms with Crippen molar-refractivity contribution >= 4 is 44.4 Å². The number of nitrogens with zero attached hydrogens (tertiary/aromatic N) is 2. The zero-order valence-corrected chi connectivity index (χ0v) is 12.7. The van der Waals surface area contributed by atoms with Gasteiger partial charge >= 0.3 is 0 Å². The fourth-order valence-corrected chi connectivity index (χ4v) is 2.41. The van der Waals surface area contributed by atoms with Crippen LogP contribution in [0.1, 0.15) is 5.69 Å². The van der Waals surface area contributed by atoms with Crippen molar-refractivity contribution in [3.05, 3.63) is 42.2 Å². The van der Waals surface area contributed by atoms with E-state index in [0.29, 0.717) is 6.61 Å². The van der Waals surface area contributed by atoms with E-state index in [-0.39, 0.29) is 0 Å². The topological polar surface area (TPSA) is 35.0 Å². The number of hydrogen-bond acceptors (Lipinski definition) is 3. The van der Waals surface area contributed by atoms with Gasteiger partial charge in [0.25, 0.3) is 0 Å². The molecule has 1 aromatic carbocycles.